The minimum atomic E-state index is 0.131. The molecule has 0 amide bonds. The summed E-state index contributed by atoms with van der Waals surface area (Å²) in [6.07, 6.45) is 3.02. The molecule has 0 aliphatic carbocycles. The number of hydrogen-bond acceptors (Lipinski definition) is 4. The Morgan fingerprint density at radius 3 is 2.86 bits per heavy atom. The molecule has 1 fully saturated rings. The van der Waals surface area contributed by atoms with Gasteiger partial charge in [-0.1, -0.05) is 6.92 Å². The molecule has 0 radical (unpaired) electrons. The molecule has 3 nitrogen and oxygen atoms in total. The predicted molar refractivity (Wildman–Crippen MR) is 89.5 cm³/mol. The molecule has 2 aromatic heterocycles. The van der Waals surface area contributed by atoms with Crippen LogP contribution >= 0.6 is 11.3 Å². The van der Waals surface area contributed by atoms with Crippen LogP contribution in [-0.4, -0.2) is 23.8 Å². The standard InChI is InChI=1S/C18H23NO2S/c1-3-15-6-7-16(21-15)12-19-9-4-5-14(11-19)17(20)18-13(2)8-10-22-18/h6-8,10,14H,3-5,9,11-12H2,1-2H3/t14-/m0/s1. The highest BCUT2D eigenvalue weighted by Gasteiger charge is 2.28. The third-order valence-corrected chi connectivity index (χ3v) is 5.44. The van der Waals surface area contributed by atoms with Crippen molar-refractivity contribution >= 4 is 17.1 Å². The molecule has 2 aromatic rings. The Labute approximate surface area is 135 Å². The average molecular weight is 317 g/mol. The van der Waals surface area contributed by atoms with Crippen LogP contribution in [0.1, 0.15) is 46.5 Å². The summed E-state index contributed by atoms with van der Waals surface area (Å²) in [6.45, 7) is 6.84. The number of furan rings is 1. The van der Waals surface area contributed by atoms with E-state index in [1.54, 1.807) is 11.3 Å². The summed E-state index contributed by atoms with van der Waals surface area (Å²) < 4.78 is 5.80. The largest absolute Gasteiger partial charge is 0.465 e. The van der Waals surface area contributed by atoms with Crippen LogP contribution in [0.2, 0.25) is 0 Å². The number of likely N-dealkylation sites (tertiary alicyclic amines) is 1. The Bertz CT molecular complexity index is 643. The molecule has 1 aliphatic rings. The fourth-order valence-electron chi connectivity index (χ4n) is 3.14. The number of rotatable bonds is 5. The molecule has 118 valence electrons. The molecule has 0 spiro atoms. The van der Waals surface area contributed by atoms with Crippen LogP contribution in [0.5, 0.6) is 0 Å². The van der Waals surface area contributed by atoms with Crippen molar-refractivity contribution in [3.05, 3.63) is 45.5 Å². The van der Waals surface area contributed by atoms with Gasteiger partial charge in [-0.2, -0.15) is 0 Å². The summed E-state index contributed by atoms with van der Waals surface area (Å²) in [5, 5.41) is 2.01. The van der Waals surface area contributed by atoms with Gasteiger partial charge in [0.2, 0.25) is 0 Å². The summed E-state index contributed by atoms with van der Waals surface area (Å²) in [6, 6.07) is 6.15. The highest BCUT2D eigenvalue weighted by atomic mass is 32.1. The van der Waals surface area contributed by atoms with Crippen molar-refractivity contribution in [1.82, 2.24) is 4.90 Å². The first kappa shape index (κ1) is 15.5. The Hall–Kier alpha value is -1.39. The van der Waals surface area contributed by atoms with Gasteiger partial charge >= 0.3 is 0 Å². The van der Waals surface area contributed by atoms with Gasteiger partial charge in [-0.3, -0.25) is 9.69 Å². The maximum absolute atomic E-state index is 12.7. The maximum Gasteiger partial charge on any atom is 0.177 e. The van der Waals surface area contributed by atoms with E-state index >= 15 is 0 Å². The fraction of sp³-hybridized carbons (Fsp3) is 0.500. The van der Waals surface area contributed by atoms with E-state index < -0.39 is 0 Å². The summed E-state index contributed by atoms with van der Waals surface area (Å²) >= 11 is 1.58. The first-order chi connectivity index (χ1) is 10.7. The number of piperidine rings is 1. The van der Waals surface area contributed by atoms with Crippen LogP contribution in [0.25, 0.3) is 0 Å². The number of ketones is 1. The molecule has 1 atom stereocenters. The lowest BCUT2D eigenvalue weighted by Gasteiger charge is -2.31. The number of hydrogen-bond donors (Lipinski definition) is 0. The zero-order valence-electron chi connectivity index (χ0n) is 13.3. The topological polar surface area (TPSA) is 33.5 Å². The van der Waals surface area contributed by atoms with Gasteiger partial charge in [0.05, 0.1) is 11.4 Å². The van der Waals surface area contributed by atoms with E-state index in [4.69, 9.17) is 4.42 Å². The molecule has 1 aliphatic heterocycles. The number of aryl methyl sites for hydroxylation is 2. The van der Waals surface area contributed by atoms with Gasteiger partial charge in [-0.25, -0.2) is 0 Å². The van der Waals surface area contributed by atoms with E-state index in [2.05, 4.69) is 24.0 Å². The Morgan fingerprint density at radius 2 is 2.18 bits per heavy atom. The molecule has 0 bridgehead atoms. The highest BCUT2D eigenvalue weighted by molar-refractivity contribution is 7.12. The van der Waals surface area contributed by atoms with Crippen molar-refractivity contribution in [3.8, 4) is 0 Å². The molecule has 0 aromatic carbocycles. The SMILES string of the molecule is CCc1ccc(CN2CCC[C@H](C(=O)c3sccc3C)C2)o1. The van der Waals surface area contributed by atoms with Gasteiger partial charge < -0.3 is 4.42 Å². The third-order valence-electron chi connectivity index (χ3n) is 4.41. The lowest BCUT2D eigenvalue weighted by Crippen LogP contribution is -2.38. The fourth-order valence-corrected chi connectivity index (χ4v) is 4.09. The Kier molecular flexibility index (Phi) is 4.79. The molecule has 0 saturated carbocycles. The lowest BCUT2D eigenvalue weighted by molar-refractivity contribution is 0.0806. The second-order valence-corrected chi connectivity index (χ2v) is 7.01. The van der Waals surface area contributed by atoms with Gasteiger partial charge in [0, 0.05) is 18.9 Å². The van der Waals surface area contributed by atoms with Gasteiger partial charge in [0.15, 0.2) is 5.78 Å². The van der Waals surface area contributed by atoms with Crippen LogP contribution in [0.15, 0.2) is 28.0 Å². The van der Waals surface area contributed by atoms with Crippen LogP contribution < -0.4 is 0 Å². The highest BCUT2D eigenvalue weighted by Crippen LogP contribution is 2.26. The molecule has 3 heterocycles. The van der Waals surface area contributed by atoms with Crippen LogP contribution in [0, 0.1) is 12.8 Å². The number of nitrogens with zero attached hydrogens (tertiary/aromatic N) is 1. The third kappa shape index (κ3) is 3.33. The molecule has 0 unspecified atom stereocenters. The van der Waals surface area contributed by atoms with Crippen molar-refractivity contribution in [2.24, 2.45) is 5.92 Å². The zero-order valence-corrected chi connectivity index (χ0v) is 14.1. The second-order valence-electron chi connectivity index (χ2n) is 6.09. The van der Waals surface area contributed by atoms with Crippen LogP contribution in [-0.2, 0) is 13.0 Å². The first-order valence-corrected chi connectivity index (χ1v) is 8.93. The predicted octanol–water partition coefficient (Wildman–Crippen LogP) is 4.31. The molecule has 4 heteroatoms. The van der Waals surface area contributed by atoms with Crippen molar-refractivity contribution in [2.75, 3.05) is 13.1 Å². The second kappa shape index (κ2) is 6.80. The molecule has 1 saturated heterocycles. The Balaban J connectivity index is 1.64. The quantitative estimate of drug-likeness (QED) is 0.771. The lowest BCUT2D eigenvalue weighted by atomic mass is 9.92. The number of Topliss-reactive ketones (excluding diaryl/α,β-unsaturated/α-hetero) is 1. The summed E-state index contributed by atoms with van der Waals surface area (Å²) in [4.78, 5) is 16.0. The monoisotopic (exact) mass is 317 g/mol. The number of carbonyl (C=O) groups is 1. The zero-order chi connectivity index (χ0) is 15.5. The summed E-state index contributed by atoms with van der Waals surface area (Å²) in [5.74, 6) is 2.50. The molecular formula is C18H23NO2S. The van der Waals surface area contributed by atoms with Crippen LogP contribution in [0.3, 0.4) is 0 Å². The van der Waals surface area contributed by atoms with E-state index in [1.165, 1.54) is 0 Å². The van der Waals surface area contributed by atoms with Crippen molar-refractivity contribution in [1.29, 1.82) is 0 Å². The smallest absolute Gasteiger partial charge is 0.177 e. The number of thiophene rings is 1. The van der Waals surface area contributed by atoms with Gasteiger partial charge in [0.1, 0.15) is 11.5 Å². The minimum absolute atomic E-state index is 0.131. The van der Waals surface area contributed by atoms with Crippen molar-refractivity contribution < 1.29 is 9.21 Å². The van der Waals surface area contributed by atoms with Gasteiger partial charge in [-0.15, -0.1) is 11.3 Å². The number of carbonyl (C=O) groups excluding carboxylic acids is 1. The van der Waals surface area contributed by atoms with Crippen molar-refractivity contribution in [2.45, 2.75) is 39.7 Å². The Morgan fingerprint density at radius 1 is 1.36 bits per heavy atom. The van der Waals surface area contributed by atoms with Gasteiger partial charge in [-0.05, 0) is 55.5 Å². The normalized spacial score (nSPS) is 19.5. The minimum Gasteiger partial charge on any atom is -0.465 e. The van der Waals surface area contributed by atoms with E-state index in [9.17, 15) is 4.79 Å². The molecule has 3 rings (SSSR count). The first-order valence-electron chi connectivity index (χ1n) is 8.05. The van der Waals surface area contributed by atoms with Crippen LogP contribution in [0.4, 0.5) is 0 Å². The van der Waals surface area contributed by atoms with E-state index in [-0.39, 0.29) is 5.92 Å². The average Bonchev–Trinajstić information content (AvgIpc) is 3.15. The summed E-state index contributed by atoms with van der Waals surface area (Å²) in [7, 11) is 0. The summed E-state index contributed by atoms with van der Waals surface area (Å²) in [5.41, 5.74) is 1.12. The maximum atomic E-state index is 12.7. The van der Waals surface area contributed by atoms with E-state index in [0.29, 0.717) is 5.78 Å². The van der Waals surface area contributed by atoms with E-state index in [0.717, 1.165) is 60.9 Å². The van der Waals surface area contributed by atoms with Gasteiger partial charge in [0.25, 0.3) is 0 Å². The van der Waals surface area contributed by atoms with E-state index in [1.807, 2.05) is 18.4 Å². The molecular weight excluding hydrogens is 294 g/mol. The molecule has 22 heavy (non-hydrogen) atoms. The van der Waals surface area contributed by atoms with Crippen molar-refractivity contribution in [3.63, 3.8) is 0 Å². The molecule has 0 N–H and O–H groups in total.